The van der Waals surface area contributed by atoms with Gasteiger partial charge in [-0.25, -0.2) is 0 Å². The molecular weight excluding hydrogens is 254 g/mol. The summed E-state index contributed by atoms with van der Waals surface area (Å²) in [5.41, 5.74) is 1.81. The average molecular weight is 261 g/mol. The van der Waals surface area contributed by atoms with E-state index >= 15 is 0 Å². The van der Waals surface area contributed by atoms with E-state index in [9.17, 15) is 9.59 Å². The second-order valence-corrected chi connectivity index (χ2v) is 4.61. The van der Waals surface area contributed by atoms with Gasteiger partial charge in [-0.05, 0) is 24.3 Å². The van der Waals surface area contributed by atoms with Crippen molar-refractivity contribution >= 4 is 16.8 Å². The van der Waals surface area contributed by atoms with Crippen LogP contribution in [0.25, 0.3) is 22.3 Å². The number of fused-ring (bicyclic) bond motifs is 4. The Balaban J connectivity index is 2.25. The summed E-state index contributed by atoms with van der Waals surface area (Å²) in [6, 6.07) is 10.5. The zero-order chi connectivity index (χ0) is 13.9. The number of nitrogens with one attached hydrogen (secondary N) is 1. The van der Waals surface area contributed by atoms with Crippen LogP contribution in [0.4, 0.5) is 0 Å². The highest BCUT2D eigenvalue weighted by Gasteiger charge is 2.30. The van der Waals surface area contributed by atoms with Gasteiger partial charge in [-0.2, -0.15) is 5.26 Å². The number of pyridine rings is 1. The zero-order valence-corrected chi connectivity index (χ0v) is 10.2. The Bertz CT molecular complexity index is 1000. The summed E-state index contributed by atoms with van der Waals surface area (Å²) in [6.07, 6.45) is 1.63. The Morgan fingerprint density at radius 3 is 2.80 bits per heavy atom. The third kappa shape index (κ3) is 1.11. The molecule has 3 heterocycles. The number of carbonyl (C=O) groups excluding carboxylic acids is 1. The molecule has 0 unspecified atom stereocenters. The highest BCUT2D eigenvalue weighted by Crippen LogP contribution is 2.30. The zero-order valence-electron chi connectivity index (χ0n) is 10.2. The molecule has 0 atom stereocenters. The predicted molar refractivity (Wildman–Crippen MR) is 72.4 cm³/mol. The maximum atomic E-state index is 12.5. The number of rotatable bonds is 0. The second-order valence-electron chi connectivity index (χ2n) is 4.61. The summed E-state index contributed by atoms with van der Waals surface area (Å²) in [5, 5.41) is 9.50. The van der Waals surface area contributed by atoms with E-state index in [4.69, 9.17) is 5.26 Å². The molecule has 0 saturated heterocycles. The normalized spacial score (nSPS) is 12.2. The van der Waals surface area contributed by atoms with Gasteiger partial charge >= 0.3 is 0 Å². The summed E-state index contributed by atoms with van der Waals surface area (Å²) in [5.74, 6) is -0.328. The molecule has 0 aliphatic carbocycles. The van der Waals surface area contributed by atoms with Crippen molar-refractivity contribution in [3.63, 3.8) is 0 Å². The quantitative estimate of drug-likeness (QED) is 0.524. The number of nitrogens with zero attached hydrogens (tertiary/aromatic N) is 2. The summed E-state index contributed by atoms with van der Waals surface area (Å²) in [6.45, 7) is 0. The SMILES string of the molecule is N#Cc1cccc2c(=O)c3c([nH]c12)-c1cccn1C3=O. The van der Waals surface area contributed by atoms with Crippen LogP contribution in [0.2, 0.25) is 0 Å². The fourth-order valence-corrected chi connectivity index (χ4v) is 2.68. The molecule has 0 saturated carbocycles. The lowest BCUT2D eigenvalue weighted by Crippen LogP contribution is -2.17. The fourth-order valence-electron chi connectivity index (χ4n) is 2.68. The van der Waals surface area contributed by atoms with E-state index in [0.29, 0.717) is 27.9 Å². The number of hydrogen-bond acceptors (Lipinski definition) is 3. The average Bonchev–Trinajstić information content (AvgIpc) is 3.03. The van der Waals surface area contributed by atoms with Crippen LogP contribution in [0, 0.1) is 11.3 Å². The summed E-state index contributed by atoms with van der Waals surface area (Å²) >= 11 is 0. The second kappa shape index (κ2) is 3.45. The minimum atomic E-state index is -0.334. The Labute approximate surface area is 112 Å². The smallest absolute Gasteiger partial charge is 0.268 e. The van der Waals surface area contributed by atoms with Gasteiger partial charge in [-0.3, -0.25) is 14.2 Å². The third-order valence-electron chi connectivity index (χ3n) is 3.59. The lowest BCUT2D eigenvalue weighted by Gasteiger charge is -2.03. The van der Waals surface area contributed by atoms with Gasteiger partial charge in [-0.1, -0.05) is 6.07 Å². The van der Waals surface area contributed by atoms with E-state index < -0.39 is 0 Å². The van der Waals surface area contributed by atoms with Crippen LogP contribution in [-0.2, 0) is 0 Å². The van der Waals surface area contributed by atoms with Gasteiger partial charge in [0.05, 0.1) is 22.5 Å². The molecule has 0 amide bonds. The van der Waals surface area contributed by atoms with Gasteiger partial charge in [0.25, 0.3) is 5.91 Å². The predicted octanol–water partition coefficient (Wildman–Crippen LogP) is 1.87. The number of hydrogen-bond donors (Lipinski definition) is 1. The number of nitriles is 1. The van der Waals surface area contributed by atoms with Gasteiger partial charge in [0.2, 0.25) is 5.43 Å². The first-order valence-corrected chi connectivity index (χ1v) is 6.04. The highest BCUT2D eigenvalue weighted by atomic mass is 16.2. The van der Waals surface area contributed by atoms with Gasteiger partial charge in [0.15, 0.2) is 0 Å². The molecule has 1 aromatic carbocycles. The minimum absolute atomic E-state index is 0.142. The Hall–Kier alpha value is -3.13. The Morgan fingerprint density at radius 1 is 1.15 bits per heavy atom. The van der Waals surface area contributed by atoms with Crippen LogP contribution < -0.4 is 5.43 Å². The largest absolute Gasteiger partial charge is 0.351 e. The number of aromatic amines is 1. The molecular formula is C15H7N3O2. The third-order valence-corrected chi connectivity index (χ3v) is 3.59. The number of benzene rings is 1. The first kappa shape index (κ1) is 10.8. The first-order chi connectivity index (χ1) is 9.72. The summed E-state index contributed by atoms with van der Waals surface area (Å²) in [4.78, 5) is 27.8. The van der Waals surface area contributed by atoms with Gasteiger partial charge in [0.1, 0.15) is 11.6 Å². The van der Waals surface area contributed by atoms with E-state index in [1.165, 1.54) is 4.57 Å². The van der Waals surface area contributed by atoms with E-state index in [-0.39, 0.29) is 16.9 Å². The number of H-pyrrole nitrogens is 1. The molecule has 1 N–H and O–H groups in total. The van der Waals surface area contributed by atoms with Crippen LogP contribution in [0.3, 0.4) is 0 Å². The number of aromatic nitrogens is 2. The Morgan fingerprint density at radius 2 is 2.00 bits per heavy atom. The van der Waals surface area contributed by atoms with Crippen molar-refractivity contribution in [1.29, 1.82) is 5.26 Å². The van der Waals surface area contributed by atoms with Crippen molar-refractivity contribution in [2.24, 2.45) is 0 Å². The molecule has 94 valence electrons. The molecule has 2 aromatic heterocycles. The summed E-state index contributed by atoms with van der Waals surface area (Å²) in [7, 11) is 0. The van der Waals surface area contributed by atoms with Crippen LogP contribution in [0.5, 0.6) is 0 Å². The Kier molecular flexibility index (Phi) is 1.86. The molecule has 3 aromatic rings. The molecule has 0 fully saturated rings. The molecule has 5 nitrogen and oxygen atoms in total. The van der Waals surface area contributed by atoms with E-state index in [1.54, 1.807) is 36.5 Å². The van der Waals surface area contributed by atoms with Crippen LogP contribution in [-0.4, -0.2) is 15.5 Å². The molecule has 1 aliphatic heterocycles. The monoisotopic (exact) mass is 261 g/mol. The highest BCUT2D eigenvalue weighted by molar-refractivity contribution is 6.10. The molecule has 0 radical (unpaired) electrons. The molecule has 4 rings (SSSR count). The molecule has 0 spiro atoms. The van der Waals surface area contributed by atoms with E-state index in [2.05, 4.69) is 11.1 Å². The first-order valence-electron chi connectivity index (χ1n) is 6.04. The van der Waals surface area contributed by atoms with E-state index in [1.807, 2.05) is 0 Å². The van der Waals surface area contributed by atoms with Crippen molar-refractivity contribution in [3.8, 4) is 17.5 Å². The number of para-hydroxylation sites is 1. The minimum Gasteiger partial charge on any atom is -0.351 e. The maximum absolute atomic E-state index is 12.5. The standard InChI is InChI=1S/C15H7N3O2/c16-7-8-3-1-4-9-12(8)17-13-10-5-2-6-18(10)15(20)11(13)14(9)19/h1-6H,(H,17,19). The number of carbonyl (C=O) groups is 1. The van der Waals surface area contributed by atoms with Crippen molar-refractivity contribution in [2.75, 3.05) is 0 Å². The van der Waals surface area contributed by atoms with Crippen molar-refractivity contribution in [2.45, 2.75) is 0 Å². The van der Waals surface area contributed by atoms with E-state index in [0.717, 1.165) is 0 Å². The maximum Gasteiger partial charge on any atom is 0.268 e. The van der Waals surface area contributed by atoms with Crippen LogP contribution in [0.15, 0.2) is 41.3 Å². The molecule has 5 heteroatoms. The lowest BCUT2D eigenvalue weighted by atomic mass is 10.1. The summed E-state index contributed by atoms with van der Waals surface area (Å²) < 4.78 is 1.44. The van der Waals surface area contributed by atoms with Gasteiger partial charge < -0.3 is 4.98 Å². The molecule has 20 heavy (non-hydrogen) atoms. The van der Waals surface area contributed by atoms with Crippen molar-refractivity contribution < 1.29 is 4.79 Å². The van der Waals surface area contributed by atoms with Gasteiger partial charge in [0, 0.05) is 11.6 Å². The fraction of sp³-hybridized carbons (Fsp3) is 0. The molecule has 1 aliphatic rings. The van der Waals surface area contributed by atoms with Crippen molar-refractivity contribution in [1.82, 2.24) is 9.55 Å². The van der Waals surface area contributed by atoms with Crippen LogP contribution in [0.1, 0.15) is 15.9 Å². The lowest BCUT2D eigenvalue weighted by molar-refractivity contribution is 0.0968. The topological polar surface area (TPSA) is 78.7 Å². The van der Waals surface area contributed by atoms with Crippen molar-refractivity contribution in [3.05, 3.63) is 57.9 Å². The van der Waals surface area contributed by atoms with Gasteiger partial charge in [-0.15, -0.1) is 0 Å². The molecule has 0 bridgehead atoms. The van der Waals surface area contributed by atoms with Crippen LogP contribution >= 0.6 is 0 Å².